The van der Waals surface area contributed by atoms with Gasteiger partial charge < -0.3 is 16.2 Å². The molecule has 3 rings (SSSR count). The number of hydrogen-bond acceptors (Lipinski definition) is 5. The Hall–Kier alpha value is -2.68. The highest BCUT2D eigenvalue weighted by molar-refractivity contribution is 7.18. The van der Waals surface area contributed by atoms with Crippen LogP contribution in [0.1, 0.15) is 16.8 Å². The first kappa shape index (κ1) is 21.6. The van der Waals surface area contributed by atoms with Gasteiger partial charge in [-0.15, -0.1) is 11.3 Å². The molecule has 0 saturated carbocycles. The molecule has 1 heterocycles. The van der Waals surface area contributed by atoms with Crippen molar-refractivity contribution < 1.29 is 18.7 Å². The summed E-state index contributed by atoms with van der Waals surface area (Å²) < 4.78 is 26.6. The summed E-state index contributed by atoms with van der Waals surface area (Å²) in [6.07, 6.45) is 2.05. The average molecular weight is 405 g/mol. The van der Waals surface area contributed by atoms with Gasteiger partial charge in [-0.1, -0.05) is 24.3 Å². The van der Waals surface area contributed by atoms with E-state index in [9.17, 15) is 13.6 Å². The highest BCUT2D eigenvalue weighted by Crippen LogP contribution is 2.34. The van der Waals surface area contributed by atoms with E-state index in [-0.39, 0.29) is 12.5 Å². The van der Waals surface area contributed by atoms with Gasteiger partial charge in [0.25, 0.3) is 5.91 Å². The van der Waals surface area contributed by atoms with Crippen LogP contribution in [0.15, 0.2) is 48.7 Å². The standard InChI is InChI=1S/C19H16F2N2O2S.CH5N/c20-15-7-6-12(10-16(15)21)17-11-23-19(26-17)14-5-2-1-4-13(14)18(25)22-8-3-9-24;1-2/h1-2,4-7,10-11,24H,3,8-9H2,(H,22,25);2H2,1H3. The summed E-state index contributed by atoms with van der Waals surface area (Å²) in [5.74, 6) is -2.07. The molecule has 1 aromatic heterocycles. The molecule has 3 aromatic rings. The molecule has 0 spiro atoms. The molecule has 2 aromatic carbocycles. The molecular weight excluding hydrogens is 384 g/mol. The van der Waals surface area contributed by atoms with E-state index in [1.807, 2.05) is 0 Å². The zero-order valence-electron chi connectivity index (χ0n) is 15.3. The summed E-state index contributed by atoms with van der Waals surface area (Å²) in [5.41, 5.74) is 6.15. The maximum Gasteiger partial charge on any atom is 0.252 e. The van der Waals surface area contributed by atoms with Gasteiger partial charge in [-0.3, -0.25) is 4.79 Å². The van der Waals surface area contributed by atoms with Crippen LogP contribution in [-0.2, 0) is 0 Å². The highest BCUT2D eigenvalue weighted by atomic mass is 32.1. The molecule has 8 heteroatoms. The van der Waals surface area contributed by atoms with Crippen molar-refractivity contribution in [2.24, 2.45) is 5.73 Å². The predicted octanol–water partition coefficient (Wildman–Crippen LogP) is 3.44. The molecule has 0 fully saturated rings. The summed E-state index contributed by atoms with van der Waals surface area (Å²) in [5, 5.41) is 12.2. The lowest BCUT2D eigenvalue weighted by Crippen LogP contribution is -2.25. The summed E-state index contributed by atoms with van der Waals surface area (Å²) in [7, 11) is 1.50. The van der Waals surface area contributed by atoms with Crippen LogP contribution in [0.2, 0.25) is 0 Å². The van der Waals surface area contributed by atoms with Crippen molar-refractivity contribution in [3.05, 3.63) is 65.9 Å². The summed E-state index contributed by atoms with van der Waals surface area (Å²) >= 11 is 1.29. The number of thiazole rings is 1. The summed E-state index contributed by atoms with van der Waals surface area (Å²) in [4.78, 5) is 17.4. The van der Waals surface area contributed by atoms with Gasteiger partial charge in [0.05, 0.1) is 4.88 Å². The number of halogens is 2. The second-order valence-electron chi connectivity index (χ2n) is 5.54. The minimum Gasteiger partial charge on any atom is -0.396 e. The largest absolute Gasteiger partial charge is 0.396 e. The van der Waals surface area contributed by atoms with E-state index in [1.54, 1.807) is 30.5 Å². The Morgan fingerprint density at radius 1 is 1.18 bits per heavy atom. The van der Waals surface area contributed by atoms with E-state index in [0.717, 1.165) is 12.1 Å². The van der Waals surface area contributed by atoms with Crippen molar-refractivity contribution >= 4 is 17.2 Å². The molecule has 4 N–H and O–H groups in total. The third-order valence-electron chi connectivity index (χ3n) is 3.73. The fourth-order valence-corrected chi connectivity index (χ4v) is 3.38. The number of hydrogen-bond donors (Lipinski definition) is 3. The number of carbonyl (C=O) groups is 1. The molecule has 0 bridgehead atoms. The van der Waals surface area contributed by atoms with Crippen molar-refractivity contribution in [2.75, 3.05) is 20.2 Å². The first-order chi connectivity index (χ1) is 13.6. The van der Waals surface area contributed by atoms with Crippen LogP contribution in [0.25, 0.3) is 21.0 Å². The van der Waals surface area contributed by atoms with Gasteiger partial charge in [-0.2, -0.15) is 0 Å². The van der Waals surface area contributed by atoms with Crippen LogP contribution >= 0.6 is 11.3 Å². The van der Waals surface area contributed by atoms with Gasteiger partial charge >= 0.3 is 0 Å². The topological polar surface area (TPSA) is 88.2 Å². The number of nitrogens with two attached hydrogens (primary N) is 1. The quantitative estimate of drug-likeness (QED) is 0.548. The normalized spacial score (nSPS) is 10.2. The Morgan fingerprint density at radius 2 is 1.93 bits per heavy atom. The van der Waals surface area contributed by atoms with E-state index >= 15 is 0 Å². The Labute approximate surface area is 165 Å². The van der Waals surface area contributed by atoms with Crippen molar-refractivity contribution in [1.29, 1.82) is 0 Å². The Morgan fingerprint density at radius 3 is 2.64 bits per heavy atom. The Balaban J connectivity index is 0.00000136. The van der Waals surface area contributed by atoms with Crippen molar-refractivity contribution in [3.63, 3.8) is 0 Å². The fourth-order valence-electron chi connectivity index (χ4n) is 2.43. The number of amides is 1. The van der Waals surface area contributed by atoms with Crippen LogP contribution in [0.4, 0.5) is 8.78 Å². The number of nitrogens with one attached hydrogen (secondary N) is 1. The lowest BCUT2D eigenvalue weighted by atomic mass is 10.1. The van der Waals surface area contributed by atoms with Crippen LogP contribution in [-0.4, -0.2) is 36.2 Å². The molecule has 1 amide bonds. The smallest absolute Gasteiger partial charge is 0.252 e. The van der Waals surface area contributed by atoms with Gasteiger partial charge in [-0.25, -0.2) is 13.8 Å². The molecule has 0 aliphatic heterocycles. The first-order valence-corrected chi connectivity index (χ1v) is 9.39. The molecular formula is C20H21F2N3O2S. The first-order valence-electron chi connectivity index (χ1n) is 8.57. The lowest BCUT2D eigenvalue weighted by Gasteiger charge is -2.08. The zero-order valence-corrected chi connectivity index (χ0v) is 16.1. The fraction of sp³-hybridized carbons (Fsp3) is 0.200. The van der Waals surface area contributed by atoms with E-state index in [1.165, 1.54) is 24.5 Å². The van der Waals surface area contributed by atoms with Gasteiger partial charge in [-0.05, 0) is 37.2 Å². The second kappa shape index (κ2) is 10.6. The Bertz CT molecular complexity index is 931. The SMILES string of the molecule is CN.O=C(NCCCO)c1ccccc1-c1ncc(-c2ccc(F)c(F)c2)s1. The second-order valence-corrected chi connectivity index (χ2v) is 6.57. The maximum absolute atomic E-state index is 13.5. The van der Waals surface area contributed by atoms with Crippen molar-refractivity contribution in [1.82, 2.24) is 10.3 Å². The number of rotatable bonds is 6. The van der Waals surface area contributed by atoms with Gasteiger partial charge in [0.2, 0.25) is 0 Å². The lowest BCUT2D eigenvalue weighted by molar-refractivity contribution is 0.0952. The number of carbonyl (C=O) groups excluding carboxylic acids is 1. The molecule has 0 radical (unpaired) electrons. The van der Waals surface area contributed by atoms with Gasteiger partial charge in [0.15, 0.2) is 11.6 Å². The highest BCUT2D eigenvalue weighted by Gasteiger charge is 2.15. The third-order valence-corrected chi connectivity index (χ3v) is 4.81. The number of benzene rings is 2. The molecule has 0 unspecified atom stereocenters. The summed E-state index contributed by atoms with van der Waals surface area (Å²) in [6.45, 7) is 0.383. The average Bonchev–Trinajstić information content (AvgIpc) is 3.22. The Kier molecular flexibility index (Phi) is 8.19. The monoisotopic (exact) mass is 405 g/mol. The minimum atomic E-state index is -0.916. The number of aliphatic hydroxyl groups is 1. The molecule has 0 atom stereocenters. The number of aromatic nitrogens is 1. The number of aliphatic hydroxyl groups excluding tert-OH is 1. The molecule has 0 aliphatic carbocycles. The van der Waals surface area contributed by atoms with Crippen LogP contribution in [0.5, 0.6) is 0 Å². The third kappa shape index (κ3) is 5.19. The zero-order chi connectivity index (χ0) is 20.5. The van der Waals surface area contributed by atoms with Crippen LogP contribution in [0, 0.1) is 11.6 Å². The maximum atomic E-state index is 13.5. The molecule has 5 nitrogen and oxygen atoms in total. The van der Waals surface area contributed by atoms with Crippen molar-refractivity contribution in [3.8, 4) is 21.0 Å². The predicted molar refractivity (Wildman–Crippen MR) is 107 cm³/mol. The van der Waals surface area contributed by atoms with E-state index < -0.39 is 11.6 Å². The summed E-state index contributed by atoms with van der Waals surface area (Å²) in [6, 6.07) is 10.7. The van der Waals surface area contributed by atoms with Crippen molar-refractivity contribution in [2.45, 2.75) is 6.42 Å². The number of nitrogens with zero attached hydrogens (tertiary/aromatic N) is 1. The molecule has 0 saturated heterocycles. The van der Waals surface area contributed by atoms with E-state index in [4.69, 9.17) is 5.11 Å². The molecule has 148 valence electrons. The van der Waals surface area contributed by atoms with E-state index in [0.29, 0.717) is 39.5 Å². The molecule has 28 heavy (non-hydrogen) atoms. The van der Waals surface area contributed by atoms with Crippen LogP contribution in [0.3, 0.4) is 0 Å². The van der Waals surface area contributed by atoms with Gasteiger partial charge in [0.1, 0.15) is 5.01 Å². The molecule has 0 aliphatic rings. The van der Waals surface area contributed by atoms with Crippen LogP contribution < -0.4 is 11.1 Å². The van der Waals surface area contributed by atoms with Gasteiger partial charge in [0, 0.05) is 30.5 Å². The van der Waals surface area contributed by atoms with E-state index in [2.05, 4.69) is 16.0 Å². The minimum absolute atomic E-state index is 0.00595.